The zero-order valence-corrected chi connectivity index (χ0v) is 25.1. The van der Waals surface area contributed by atoms with E-state index >= 15 is 0 Å². The summed E-state index contributed by atoms with van der Waals surface area (Å²) in [5.41, 5.74) is 5.39. The Morgan fingerprint density at radius 1 is 0.976 bits per heavy atom. The van der Waals surface area contributed by atoms with Crippen LogP contribution >= 0.6 is 11.8 Å². The number of nitrogens with one attached hydrogen (secondary N) is 1. The van der Waals surface area contributed by atoms with E-state index in [9.17, 15) is 19.5 Å². The Balaban J connectivity index is 0.00000323. The molecule has 4 aromatic rings. The van der Waals surface area contributed by atoms with E-state index in [4.69, 9.17) is 9.15 Å². The summed E-state index contributed by atoms with van der Waals surface area (Å²) in [4.78, 5) is 36.5. The van der Waals surface area contributed by atoms with E-state index in [-0.39, 0.29) is 39.3 Å². The van der Waals surface area contributed by atoms with Gasteiger partial charge in [-0.15, -0.1) is 0 Å². The maximum absolute atomic E-state index is 13.3. The third-order valence-corrected chi connectivity index (χ3v) is 7.37. The van der Waals surface area contributed by atoms with Gasteiger partial charge >= 0.3 is 24.8 Å². The summed E-state index contributed by atoms with van der Waals surface area (Å²) < 4.78 is 11.9. The number of hydrogen-bond donors (Lipinski definition) is 2. The number of ketones is 1. The number of furan rings is 1. The second-order valence-electron chi connectivity index (χ2n) is 9.73. The van der Waals surface area contributed by atoms with Crippen LogP contribution in [0.5, 0.6) is 0 Å². The number of carbonyl (C=O) groups is 3. The average Bonchev–Trinajstić information content (AvgIpc) is 3.44. The van der Waals surface area contributed by atoms with Gasteiger partial charge in [-0.2, -0.15) is 11.8 Å². The Hall–Kier alpha value is -3.54. The molecule has 0 bridgehead atoms. The number of ether oxygens (including phenoxy) is 1. The molecule has 0 radical (unpaired) electrons. The number of aryl methyl sites for hydroxylation is 1. The molecule has 1 unspecified atom stereocenters. The van der Waals surface area contributed by atoms with Gasteiger partial charge in [-0.05, 0) is 78.8 Å². The zero-order valence-electron chi connectivity index (χ0n) is 25.3. The first kappa shape index (κ1) is 33.0. The van der Waals surface area contributed by atoms with Gasteiger partial charge in [-0.1, -0.05) is 54.6 Å². The van der Waals surface area contributed by atoms with Gasteiger partial charge in [0.15, 0.2) is 5.78 Å². The van der Waals surface area contributed by atoms with Gasteiger partial charge in [0.2, 0.25) is 0 Å². The standard InChI is InChI=1S/C33H33NO6S.Li.H/c1-21-6-4-5-7-27(21)29-18-23(8-14-28(29)32(36)34-30(33(37)38)16-17-41-3)19-39-20-26-13-15-31(40-26)25-11-9-24(10-12-25)22(2)35;;/h4-15,18,30H,16-17,19-20H2,1-3H3,(H,34,36)(H,37,38);;/q;+1;-1. The van der Waals surface area contributed by atoms with Crippen molar-refractivity contribution in [2.45, 2.75) is 39.5 Å². The minimum absolute atomic E-state index is 0. The van der Waals surface area contributed by atoms with Crippen LogP contribution in [0.1, 0.15) is 52.4 Å². The third-order valence-electron chi connectivity index (χ3n) is 6.73. The van der Waals surface area contributed by atoms with Gasteiger partial charge in [0, 0.05) is 16.7 Å². The van der Waals surface area contributed by atoms with Gasteiger partial charge in [-0.25, -0.2) is 4.79 Å². The molecule has 0 aliphatic heterocycles. The van der Waals surface area contributed by atoms with E-state index < -0.39 is 17.9 Å². The monoisotopic (exact) mass is 579 g/mol. The zero-order chi connectivity index (χ0) is 29.4. The van der Waals surface area contributed by atoms with Crippen LogP contribution in [0.15, 0.2) is 83.3 Å². The van der Waals surface area contributed by atoms with Crippen LogP contribution in [0.4, 0.5) is 0 Å². The molecule has 0 fully saturated rings. The van der Waals surface area contributed by atoms with Crippen molar-refractivity contribution in [3.8, 4) is 22.5 Å². The first-order valence-corrected chi connectivity index (χ1v) is 14.7. The first-order chi connectivity index (χ1) is 19.8. The Labute approximate surface area is 263 Å². The minimum atomic E-state index is -1.05. The molecule has 0 spiro atoms. The fraction of sp³-hybridized carbons (Fsp3) is 0.242. The van der Waals surface area contributed by atoms with E-state index in [0.717, 1.165) is 22.3 Å². The molecule has 0 aliphatic rings. The van der Waals surface area contributed by atoms with Gasteiger partial charge < -0.3 is 21.0 Å². The maximum Gasteiger partial charge on any atom is 1.00 e. The van der Waals surface area contributed by atoms with E-state index in [1.165, 1.54) is 18.7 Å². The number of aliphatic carboxylic acids is 1. The Bertz CT molecular complexity index is 1540. The summed E-state index contributed by atoms with van der Waals surface area (Å²) in [7, 11) is 0. The molecule has 214 valence electrons. The summed E-state index contributed by atoms with van der Waals surface area (Å²) in [6.45, 7) is 4.05. The van der Waals surface area contributed by atoms with E-state index in [1.807, 2.05) is 73.8 Å². The molecule has 2 N–H and O–H groups in total. The second-order valence-corrected chi connectivity index (χ2v) is 10.7. The minimum Gasteiger partial charge on any atom is -1.00 e. The van der Waals surface area contributed by atoms with E-state index in [1.54, 1.807) is 18.2 Å². The van der Waals surface area contributed by atoms with Crippen molar-refractivity contribution in [1.82, 2.24) is 5.32 Å². The maximum atomic E-state index is 13.3. The summed E-state index contributed by atoms with van der Waals surface area (Å²) >= 11 is 1.54. The molecule has 42 heavy (non-hydrogen) atoms. The summed E-state index contributed by atoms with van der Waals surface area (Å²) in [5.74, 6) is 0.512. The van der Waals surface area contributed by atoms with Crippen molar-refractivity contribution in [2.75, 3.05) is 12.0 Å². The van der Waals surface area contributed by atoms with Crippen LogP contribution in [0.3, 0.4) is 0 Å². The van der Waals surface area contributed by atoms with Crippen LogP contribution in [0.25, 0.3) is 22.5 Å². The van der Waals surface area contributed by atoms with Crippen molar-refractivity contribution in [3.63, 3.8) is 0 Å². The largest absolute Gasteiger partial charge is 1.00 e. The van der Waals surface area contributed by atoms with Gasteiger partial charge in [-0.3, -0.25) is 9.59 Å². The second kappa shape index (κ2) is 15.6. The van der Waals surface area contributed by atoms with Crippen molar-refractivity contribution in [1.29, 1.82) is 0 Å². The SMILES string of the molecule is CSCCC(NC(=O)c1ccc(COCc2ccc(-c3ccc(C(C)=O)cc3)o2)cc1-c1ccccc1C)C(=O)O.[H-].[Li+]. The Kier molecular flexibility index (Phi) is 12.3. The third kappa shape index (κ3) is 8.49. The molecule has 0 saturated carbocycles. The van der Waals surface area contributed by atoms with E-state index in [0.29, 0.717) is 40.4 Å². The molecular weight excluding hydrogens is 545 g/mol. The van der Waals surface area contributed by atoms with Gasteiger partial charge in [0.05, 0.1) is 6.61 Å². The van der Waals surface area contributed by atoms with Crippen LogP contribution in [0.2, 0.25) is 0 Å². The molecule has 0 saturated heterocycles. The number of carbonyl (C=O) groups excluding carboxylic acids is 2. The summed E-state index contributed by atoms with van der Waals surface area (Å²) in [5, 5.41) is 12.3. The summed E-state index contributed by atoms with van der Waals surface area (Å²) in [6, 6.07) is 23.2. The number of thioether (sulfide) groups is 1. The quantitative estimate of drug-likeness (QED) is 0.183. The predicted octanol–water partition coefficient (Wildman–Crippen LogP) is 3.89. The number of benzene rings is 3. The molecule has 1 amide bonds. The first-order valence-electron chi connectivity index (χ1n) is 13.3. The molecule has 1 heterocycles. The average molecular weight is 580 g/mol. The molecule has 7 nitrogen and oxygen atoms in total. The van der Waals surface area contributed by atoms with Gasteiger partial charge in [0.1, 0.15) is 24.2 Å². The fourth-order valence-corrected chi connectivity index (χ4v) is 4.93. The molecule has 1 atom stereocenters. The van der Waals surface area contributed by atoms with Crippen LogP contribution < -0.4 is 24.2 Å². The number of rotatable bonds is 13. The molecule has 9 heteroatoms. The van der Waals surface area contributed by atoms with E-state index in [2.05, 4.69) is 5.32 Å². The van der Waals surface area contributed by atoms with Gasteiger partial charge in [0.25, 0.3) is 5.91 Å². The molecule has 3 aromatic carbocycles. The van der Waals surface area contributed by atoms with Crippen molar-refractivity contribution < 1.29 is 48.9 Å². The topological polar surface area (TPSA) is 106 Å². The number of hydrogen-bond acceptors (Lipinski definition) is 6. The number of carboxylic acids is 1. The Morgan fingerprint density at radius 2 is 1.71 bits per heavy atom. The number of amides is 1. The smallest absolute Gasteiger partial charge is 1.00 e. The summed E-state index contributed by atoms with van der Waals surface area (Å²) in [6.07, 6.45) is 2.24. The fourth-order valence-electron chi connectivity index (χ4n) is 4.46. The van der Waals surface area contributed by atoms with Crippen LogP contribution in [-0.2, 0) is 22.7 Å². The van der Waals surface area contributed by atoms with Crippen molar-refractivity contribution in [2.24, 2.45) is 0 Å². The number of Topliss-reactive ketones (excluding diaryl/α,β-unsaturated/α-hetero) is 1. The number of carboxylic acid groups (broad SMARTS) is 1. The molecule has 1 aromatic heterocycles. The van der Waals surface area contributed by atoms with Crippen LogP contribution in [0, 0.1) is 6.92 Å². The van der Waals surface area contributed by atoms with Crippen molar-refractivity contribution in [3.05, 3.63) is 107 Å². The van der Waals surface area contributed by atoms with Crippen LogP contribution in [-0.4, -0.2) is 40.8 Å². The Morgan fingerprint density at radius 3 is 2.38 bits per heavy atom. The molecule has 4 rings (SSSR count). The molecule has 0 aliphatic carbocycles. The molecular formula is C33H34LiNO6S. The van der Waals surface area contributed by atoms with Crippen molar-refractivity contribution >= 4 is 29.4 Å². The predicted molar refractivity (Wildman–Crippen MR) is 162 cm³/mol. The normalized spacial score (nSPS) is 11.4.